The Hall–Kier alpha value is -2.47. The molecule has 0 spiro atoms. The molecular formula is C20H18ClF3N2O. The van der Waals surface area contributed by atoms with Gasteiger partial charge in [-0.15, -0.1) is 0 Å². The SMILES string of the molecule is O=C(/C=C(/c1ccccc1)C(F)(F)F)N1CCN(c2ccc(Cl)cc2)CC1. The third kappa shape index (κ3) is 4.83. The molecule has 2 aromatic carbocycles. The standard InChI is InChI=1S/C20H18ClF3N2O/c21-16-6-8-17(9-7-16)25-10-12-26(13-11-25)19(27)14-18(20(22,23)24)15-4-2-1-3-5-15/h1-9,14H,10-13H2/b18-14-. The van der Waals surface area contributed by atoms with Gasteiger partial charge in [-0.05, 0) is 29.8 Å². The number of alkyl halides is 3. The Morgan fingerprint density at radius 2 is 1.52 bits per heavy atom. The van der Waals surface area contributed by atoms with Gasteiger partial charge in [0.15, 0.2) is 0 Å². The molecule has 3 nitrogen and oxygen atoms in total. The van der Waals surface area contributed by atoms with Gasteiger partial charge in [-0.2, -0.15) is 13.2 Å². The molecule has 1 amide bonds. The van der Waals surface area contributed by atoms with Gasteiger partial charge in [0.25, 0.3) is 0 Å². The summed E-state index contributed by atoms with van der Waals surface area (Å²) in [5.74, 6) is -0.623. The second-order valence-corrected chi connectivity index (χ2v) is 6.65. The smallest absolute Gasteiger partial charge is 0.368 e. The largest absolute Gasteiger partial charge is 0.417 e. The molecular weight excluding hydrogens is 377 g/mol. The van der Waals surface area contributed by atoms with Crippen LogP contribution in [0.5, 0.6) is 0 Å². The maximum atomic E-state index is 13.4. The van der Waals surface area contributed by atoms with E-state index in [9.17, 15) is 18.0 Å². The Morgan fingerprint density at radius 3 is 2.07 bits per heavy atom. The first-order valence-corrected chi connectivity index (χ1v) is 8.86. The van der Waals surface area contributed by atoms with Crippen molar-refractivity contribution < 1.29 is 18.0 Å². The van der Waals surface area contributed by atoms with Gasteiger partial charge in [-0.3, -0.25) is 4.79 Å². The van der Waals surface area contributed by atoms with Gasteiger partial charge in [0.05, 0.1) is 5.57 Å². The molecule has 27 heavy (non-hydrogen) atoms. The van der Waals surface area contributed by atoms with Crippen LogP contribution in [-0.2, 0) is 4.79 Å². The normalized spacial score (nSPS) is 15.8. The summed E-state index contributed by atoms with van der Waals surface area (Å²) in [6, 6.07) is 14.7. The maximum absolute atomic E-state index is 13.4. The quantitative estimate of drug-likeness (QED) is 0.708. The fourth-order valence-corrected chi connectivity index (χ4v) is 3.12. The molecule has 0 atom stereocenters. The minimum atomic E-state index is -4.60. The molecule has 1 aliphatic rings. The van der Waals surface area contributed by atoms with Crippen molar-refractivity contribution in [2.24, 2.45) is 0 Å². The number of anilines is 1. The molecule has 7 heteroatoms. The van der Waals surface area contributed by atoms with Gasteiger partial charge in [-0.1, -0.05) is 41.9 Å². The first kappa shape index (κ1) is 19.3. The molecule has 142 valence electrons. The summed E-state index contributed by atoms with van der Waals surface area (Å²) in [6.45, 7) is 1.82. The van der Waals surface area contributed by atoms with Crippen molar-refractivity contribution in [2.45, 2.75) is 6.18 Å². The van der Waals surface area contributed by atoms with Crippen LogP contribution < -0.4 is 4.90 Å². The molecule has 0 N–H and O–H groups in total. The molecule has 1 saturated heterocycles. The molecule has 1 aliphatic heterocycles. The van der Waals surface area contributed by atoms with E-state index in [0.29, 0.717) is 37.3 Å². The van der Waals surface area contributed by atoms with Crippen LogP contribution in [0.25, 0.3) is 5.57 Å². The summed E-state index contributed by atoms with van der Waals surface area (Å²) in [5, 5.41) is 0.637. The second-order valence-electron chi connectivity index (χ2n) is 6.21. The Bertz CT molecular complexity index is 811. The van der Waals surface area contributed by atoms with Crippen molar-refractivity contribution in [3.8, 4) is 0 Å². The predicted octanol–water partition coefficient (Wildman–Crippen LogP) is 4.63. The highest BCUT2D eigenvalue weighted by Gasteiger charge is 2.36. The van der Waals surface area contributed by atoms with Crippen molar-refractivity contribution in [1.29, 1.82) is 0 Å². The van der Waals surface area contributed by atoms with Crippen molar-refractivity contribution in [3.63, 3.8) is 0 Å². The zero-order valence-electron chi connectivity index (χ0n) is 14.4. The molecule has 0 aliphatic carbocycles. The van der Waals surface area contributed by atoms with Crippen LogP contribution >= 0.6 is 11.6 Å². The summed E-state index contributed by atoms with van der Waals surface area (Å²) in [5.41, 5.74) is 0.0358. The Morgan fingerprint density at radius 1 is 0.926 bits per heavy atom. The lowest BCUT2D eigenvalue weighted by Crippen LogP contribution is -2.48. The van der Waals surface area contributed by atoms with Gasteiger partial charge in [0.1, 0.15) is 0 Å². The average molecular weight is 395 g/mol. The summed E-state index contributed by atoms with van der Waals surface area (Å²) >= 11 is 5.88. The maximum Gasteiger partial charge on any atom is 0.417 e. The molecule has 0 saturated carbocycles. The predicted molar refractivity (Wildman–Crippen MR) is 101 cm³/mol. The monoisotopic (exact) mass is 394 g/mol. The lowest BCUT2D eigenvalue weighted by Gasteiger charge is -2.35. The number of allylic oxidation sites excluding steroid dienone is 1. The van der Waals surface area contributed by atoms with Gasteiger partial charge >= 0.3 is 6.18 Å². The number of hydrogen-bond acceptors (Lipinski definition) is 2. The molecule has 0 bridgehead atoms. The summed E-state index contributed by atoms with van der Waals surface area (Å²) in [4.78, 5) is 16.0. The fourth-order valence-electron chi connectivity index (χ4n) is 3.00. The summed E-state index contributed by atoms with van der Waals surface area (Å²) in [6.07, 6.45) is -3.89. The number of carbonyl (C=O) groups is 1. The van der Waals surface area contributed by atoms with E-state index in [4.69, 9.17) is 11.6 Å². The number of carbonyl (C=O) groups excluding carboxylic acids is 1. The van der Waals surface area contributed by atoms with E-state index >= 15 is 0 Å². The van der Waals surface area contributed by atoms with Gasteiger partial charge < -0.3 is 9.80 Å². The number of rotatable bonds is 3. The van der Waals surface area contributed by atoms with Crippen LogP contribution in [0.3, 0.4) is 0 Å². The van der Waals surface area contributed by atoms with Crippen molar-refractivity contribution in [2.75, 3.05) is 31.1 Å². The summed E-state index contributed by atoms with van der Waals surface area (Å²) in [7, 11) is 0. The Labute approximate surface area is 160 Å². The van der Waals surface area contributed by atoms with Crippen LogP contribution in [0.4, 0.5) is 18.9 Å². The van der Waals surface area contributed by atoms with Gasteiger partial charge in [0, 0.05) is 43.0 Å². The third-order valence-corrected chi connectivity index (χ3v) is 4.69. The molecule has 3 rings (SSSR count). The highest BCUT2D eigenvalue weighted by molar-refractivity contribution is 6.30. The number of halogens is 4. The number of benzene rings is 2. The van der Waals surface area contributed by atoms with E-state index in [1.54, 1.807) is 18.2 Å². The van der Waals surface area contributed by atoms with Crippen LogP contribution in [0.15, 0.2) is 60.7 Å². The number of nitrogens with zero attached hydrogens (tertiary/aromatic N) is 2. The first-order chi connectivity index (χ1) is 12.8. The summed E-state index contributed by atoms with van der Waals surface area (Å²) < 4.78 is 40.2. The van der Waals surface area contributed by atoms with Crippen LogP contribution in [0, 0.1) is 0 Å². The van der Waals surface area contributed by atoms with E-state index in [1.165, 1.54) is 29.2 Å². The van der Waals surface area contributed by atoms with Crippen molar-refractivity contribution in [1.82, 2.24) is 4.90 Å². The lowest BCUT2D eigenvalue weighted by molar-refractivity contribution is -0.126. The number of amides is 1. The van der Waals surface area contributed by atoms with Crippen LogP contribution in [0.2, 0.25) is 5.02 Å². The van der Waals surface area contributed by atoms with Crippen molar-refractivity contribution >= 4 is 28.8 Å². The van der Waals surface area contributed by atoms with E-state index in [0.717, 1.165) is 5.69 Å². The third-order valence-electron chi connectivity index (χ3n) is 4.44. The molecule has 1 fully saturated rings. The van der Waals surface area contributed by atoms with Gasteiger partial charge in [0.2, 0.25) is 5.91 Å². The molecule has 2 aromatic rings. The minimum Gasteiger partial charge on any atom is -0.368 e. The topological polar surface area (TPSA) is 23.6 Å². The second kappa shape index (κ2) is 8.05. The first-order valence-electron chi connectivity index (χ1n) is 8.48. The van der Waals surface area contributed by atoms with Crippen LogP contribution in [0.1, 0.15) is 5.56 Å². The van der Waals surface area contributed by atoms with E-state index < -0.39 is 17.7 Å². The number of piperazine rings is 1. The van der Waals surface area contributed by atoms with Gasteiger partial charge in [-0.25, -0.2) is 0 Å². The zero-order chi connectivity index (χ0) is 19.4. The number of hydrogen-bond donors (Lipinski definition) is 0. The Kier molecular flexibility index (Phi) is 5.75. The highest BCUT2D eigenvalue weighted by Crippen LogP contribution is 2.34. The molecule has 1 heterocycles. The molecule has 0 radical (unpaired) electrons. The van der Waals surface area contributed by atoms with Crippen LogP contribution in [-0.4, -0.2) is 43.2 Å². The minimum absolute atomic E-state index is 0.0156. The average Bonchev–Trinajstić information content (AvgIpc) is 2.66. The van der Waals surface area contributed by atoms with E-state index in [1.807, 2.05) is 12.1 Å². The fraction of sp³-hybridized carbons (Fsp3) is 0.250. The molecule has 0 unspecified atom stereocenters. The highest BCUT2D eigenvalue weighted by atomic mass is 35.5. The van der Waals surface area contributed by atoms with E-state index in [-0.39, 0.29) is 5.56 Å². The Balaban J connectivity index is 1.70. The zero-order valence-corrected chi connectivity index (χ0v) is 15.2. The van der Waals surface area contributed by atoms with Crippen molar-refractivity contribution in [3.05, 3.63) is 71.3 Å². The lowest BCUT2D eigenvalue weighted by atomic mass is 10.0. The van der Waals surface area contributed by atoms with E-state index in [2.05, 4.69) is 4.90 Å². The molecule has 0 aromatic heterocycles.